The molecule has 1 N–H and O–H groups in total. The molecule has 1 atom stereocenters. The van der Waals surface area contributed by atoms with Crippen LogP contribution in [0.3, 0.4) is 0 Å². The van der Waals surface area contributed by atoms with Gasteiger partial charge in [0.05, 0.1) is 17.7 Å². The van der Waals surface area contributed by atoms with Crippen molar-refractivity contribution in [3.63, 3.8) is 0 Å². The molecule has 0 aliphatic heterocycles. The minimum Gasteiger partial charge on any atom is -0.489 e. The number of benzene rings is 2. The van der Waals surface area contributed by atoms with Gasteiger partial charge in [0.1, 0.15) is 12.4 Å². The number of nitrogens with zero attached hydrogens (tertiary/aromatic N) is 1. The average molecular weight is 332 g/mol. The zero-order chi connectivity index (χ0) is 14.5. The van der Waals surface area contributed by atoms with Crippen LogP contribution in [0.5, 0.6) is 5.75 Å². The van der Waals surface area contributed by atoms with Crippen molar-refractivity contribution in [2.24, 2.45) is 0 Å². The maximum Gasteiger partial charge on any atom is 0.125 e. The van der Waals surface area contributed by atoms with Gasteiger partial charge in [-0.25, -0.2) is 0 Å². The summed E-state index contributed by atoms with van der Waals surface area (Å²) in [5, 5.41) is 18.6. The van der Waals surface area contributed by atoms with Crippen LogP contribution in [0.15, 0.2) is 46.9 Å². The molecule has 3 nitrogen and oxygen atoms in total. The summed E-state index contributed by atoms with van der Waals surface area (Å²) < 4.78 is 6.64. The van der Waals surface area contributed by atoms with Gasteiger partial charge in [0.25, 0.3) is 0 Å². The van der Waals surface area contributed by atoms with Gasteiger partial charge in [-0.3, -0.25) is 0 Å². The first-order valence-corrected chi connectivity index (χ1v) is 6.99. The van der Waals surface area contributed by atoms with Crippen LogP contribution in [-0.4, -0.2) is 5.11 Å². The molecule has 0 aliphatic carbocycles. The first-order valence-electron chi connectivity index (χ1n) is 6.19. The number of rotatable bonds is 4. The smallest absolute Gasteiger partial charge is 0.125 e. The van der Waals surface area contributed by atoms with E-state index in [4.69, 9.17) is 10.00 Å². The van der Waals surface area contributed by atoms with Gasteiger partial charge in [-0.15, -0.1) is 0 Å². The standard InChI is InChI=1S/C16H14BrNO2/c1-11(19)15-8-14(17)5-6-16(15)20-10-13-4-2-3-12(7-13)9-18/h2-8,11,19H,10H2,1H3/t11-/m0/s1. The van der Waals surface area contributed by atoms with E-state index in [1.165, 1.54) is 0 Å². The molecule has 0 saturated carbocycles. The Bertz CT molecular complexity index is 647. The molecule has 4 heteroatoms. The van der Waals surface area contributed by atoms with Crippen molar-refractivity contribution < 1.29 is 9.84 Å². The van der Waals surface area contributed by atoms with Gasteiger partial charge >= 0.3 is 0 Å². The Morgan fingerprint density at radius 1 is 1.30 bits per heavy atom. The molecular weight excluding hydrogens is 318 g/mol. The van der Waals surface area contributed by atoms with Crippen LogP contribution in [0.4, 0.5) is 0 Å². The van der Waals surface area contributed by atoms with E-state index in [2.05, 4.69) is 22.0 Å². The quantitative estimate of drug-likeness (QED) is 0.922. The van der Waals surface area contributed by atoms with Crippen molar-refractivity contribution in [1.82, 2.24) is 0 Å². The molecule has 0 aliphatic rings. The number of ether oxygens (including phenoxy) is 1. The Kier molecular flexibility index (Phi) is 4.78. The highest BCUT2D eigenvalue weighted by molar-refractivity contribution is 9.10. The van der Waals surface area contributed by atoms with Crippen molar-refractivity contribution >= 4 is 15.9 Å². The van der Waals surface area contributed by atoms with Crippen LogP contribution in [0, 0.1) is 11.3 Å². The molecule has 102 valence electrons. The van der Waals surface area contributed by atoms with Crippen LogP contribution in [0.2, 0.25) is 0 Å². The fraction of sp³-hybridized carbons (Fsp3) is 0.188. The summed E-state index contributed by atoms with van der Waals surface area (Å²) in [5.41, 5.74) is 2.26. The highest BCUT2D eigenvalue weighted by Crippen LogP contribution is 2.29. The Balaban J connectivity index is 2.16. The molecular formula is C16H14BrNO2. The summed E-state index contributed by atoms with van der Waals surface area (Å²) >= 11 is 3.38. The van der Waals surface area contributed by atoms with Gasteiger partial charge in [0.15, 0.2) is 0 Å². The Morgan fingerprint density at radius 3 is 2.80 bits per heavy atom. The fourth-order valence-corrected chi connectivity index (χ4v) is 2.25. The molecule has 2 aromatic rings. The van der Waals surface area contributed by atoms with Gasteiger partial charge in [-0.05, 0) is 42.8 Å². The van der Waals surface area contributed by atoms with E-state index in [9.17, 15) is 5.11 Å². The zero-order valence-electron chi connectivity index (χ0n) is 11.0. The van der Waals surface area contributed by atoms with Crippen molar-refractivity contribution in [3.05, 3.63) is 63.6 Å². The first-order chi connectivity index (χ1) is 9.60. The molecule has 0 heterocycles. The molecule has 0 amide bonds. The summed E-state index contributed by atoms with van der Waals surface area (Å²) in [5.74, 6) is 0.644. The second kappa shape index (κ2) is 6.56. The molecule has 2 rings (SSSR count). The van der Waals surface area contributed by atoms with Crippen LogP contribution in [0.1, 0.15) is 29.7 Å². The van der Waals surface area contributed by atoms with E-state index in [1.807, 2.05) is 30.3 Å². The highest BCUT2D eigenvalue weighted by atomic mass is 79.9. The molecule has 0 radical (unpaired) electrons. The van der Waals surface area contributed by atoms with Crippen LogP contribution >= 0.6 is 15.9 Å². The van der Waals surface area contributed by atoms with Crippen molar-refractivity contribution in [2.75, 3.05) is 0 Å². The maximum absolute atomic E-state index is 9.76. The van der Waals surface area contributed by atoms with Gasteiger partial charge in [0, 0.05) is 10.0 Å². The predicted octanol–water partition coefficient (Wildman–Crippen LogP) is 3.95. The lowest BCUT2D eigenvalue weighted by Crippen LogP contribution is -2.01. The van der Waals surface area contributed by atoms with Crippen LogP contribution < -0.4 is 4.74 Å². The average Bonchev–Trinajstić information content (AvgIpc) is 2.46. The third-order valence-electron chi connectivity index (χ3n) is 2.87. The zero-order valence-corrected chi connectivity index (χ0v) is 12.6. The van der Waals surface area contributed by atoms with Crippen molar-refractivity contribution in [1.29, 1.82) is 5.26 Å². The maximum atomic E-state index is 9.76. The van der Waals surface area contributed by atoms with E-state index < -0.39 is 6.10 Å². The summed E-state index contributed by atoms with van der Waals surface area (Å²) in [4.78, 5) is 0. The Hall–Kier alpha value is -1.83. The van der Waals surface area contributed by atoms with Crippen molar-refractivity contribution in [2.45, 2.75) is 19.6 Å². The van der Waals surface area contributed by atoms with E-state index >= 15 is 0 Å². The lowest BCUT2D eigenvalue weighted by Gasteiger charge is -2.14. The number of halogens is 1. The van der Waals surface area contributed by atoms with Crippen LogP contribution in [0.25, 0.3) is 0 Å². The normalized spacial score (nSPS) is 11.7. The second-order valence-corrected chi connectivity index (χ2v) is 5.37. The second-order valence-electron chi connectivity index (χ2n) is 4.46. The molecule has 2 aromatic carbocycles. The largest absolute Gasteiger partial charge is 0.489 e. The number of nitriles is 1. The third-order valence-corrected chi connectivity index (χ3v) is 3.37. The fourth-order valence-electron chi connectivity index (χ4n) is 1.87. The van der Waals surface area contributed by atoms with Gasteiger partial charge in [-0.1, -0.05) is 28.1 Å². The molecule has 20 heavy (non-hydrogen) atoms. The van der Waals surface area contributed by atoms with E-state index in [0.717, 1.165) is 15.6 Å². The van der Waals surface area contributed by atoms with Crippen LogP contribution in [-0.2, 0) is 6.61 Å². The minimum atomic E-state index is -0.604. The summed E-state index contributed by atoms with van der Waals surface area (Å²) in [6.07, 6.45) is -0.604. The Labute approximate surface area is 126 Å². The number of aliphatic hydroxyl groups excluding tert-OH is 1. The molecule has 0 saturated heterocycles. The lowest BCUT2D eigenvalue weighted by molar-refractivity contribution is 0.190. The van der Waals surface area contributed by atoms with Gasteiger partial charge < -0.3 is 9.84 Å². The molecule has 0 aromatic heterocycles. The lowest BCUT2D eigenvalue weighted by atomic mass is 10.1. The topological polar surface area (TPSA) is 53.2 Å². The summed E-state index contributed by atoms with van der Waals surface area (Å²) in [6.45, 7) is 2.06. The summed E-state index contributed by atoms with van der Waals surface area (Å²) in [6, 6.07) is 14.9. The van der Waals surface area contributed by atoms with E-state index in [0.29, 0.717) is 17.9 Å². The number of hydrogen-bond acceptors (Lipinski definition) is 3. The van der Waals surface area contributed by atoms with E-state index in [-0.39, 0.29) is 0 Å². The highest BCUT2D eigenvalue weighted by Gasteiger charge is 2.10. The van der Waals surface area contributed by atoms with Gasteiger partial charge in [0.2, 0.25) is 0 Å². The minimum absolute atomic E-state index is 0.358. The van der Waals surface area contributed by atoms with Gasteiger partial charge in [-0.2, -0.15) is 5.26 Å². The number of hydrogen-bond donors (Lipinski definition) is 1. The molecule has 0 unspecified atom stereocenters. The predicted molar refractivity (Wildman–Crippen MR) is 80.3 cm³/mol. The summed E-state index contributed by atoms with van der Waals surface area (Å²) in [7, 11) is 0. The monoisotopic (exact) mass is 331 g/mol. The van der Waals surface area contributed by atoms with Crippen molar-refractivity contribution in [3.8, 4) is 11.8 Å². The molecule has 0 bridgehead atoms. The molecule has 0 spiro atoms. The first kappa shape index (κ1) is 14.6. The van der Waals surface area contributed by atoms with E-state index in [1.54, 1.807) is 19.1 Å². The SMILES string of the molecule is C[C@H](O)c1cc(Br)ccc1OCc1cccc(C#N)c1. The Morgan fingerprint density at radius 2 is 2.10 bits per heavy atom. The molecule has 0 fully saturated rings. The number of aliphatic hydroxyl groups is 1. The third kappa shape index (κ3) is 3.60.